The van der Waals surface area contributed by atoms with E-state index in [1.165, 1.54) is 18.1 Å². The van der Waals surface area contributed by atoms with Gasteiger partial charge in [0.2, 0.25) is 0 Å². The number of aryl methyl sites for hydroxylation is 1. The Morgan fingerprint density at radius 1 is 1.35 bits per heavy atom. The van der Waals surface area contributed by atoms with Gasteiger partial charge in [-0.15, -0.1) is 0 Å². The summed E-state index contributed by atoms with van der Waals surface area (Å²) in [6.45, 7) is 4.23. The zero-order valence-electron chi connectivity index (χ0n) is 11.9. The molecule has 0 bridgehead atoms. The molecule has 2 rings (SSSR count). The highest BCUT2D eigenvalue weighted by molar-refractivity contribution is 5.95. The van der Waals surface area contributed by atoms with Crippen LogP contribution in [0.2, 0.25) is 0 Å². The first-order chi connectivity index (χ1) is 9.45. The Morgan fingerprint density at radius 3 is 2.70 bits per heavy atom. The van der Waals surface area contributed by atoms with Crippen molar-refractivity contribution < 1.29 is 18.7 Å². The van der Waals surface area contributed by atoms with E-state index >= 15 is 0 Å². The molecule has 5 heteroatoms. The Labute approximate surface area is 117 Å². The molecule has 1 fully saturated rings. The first-order valence-corrected chi connectivity index (χ1v) is 6.58. The molecule has 0 N–H and O–H groups in total. The molecule has 0 aromatic heterocycles. The Balaban J connectivity index is 2.19. The normalized spacial score (nSPS) is 21.9. The second-order valence-electron chi connectivity index (χ2n) is 5.25. The summed E-state index contributed by atoms with van der Waals surface area (Å²) in [5.74, 6) is -1.51. The highest BCUT2D eigenvalue weighted by Gasteiger charge is 2.38. The maximum Gasteiger partial charge on any atom is 0.310 e. The lowest BCUT2D eigenvalue weighted by molar-refractivity contribution is -0.146. The van der Waals surface area contributed by atoms with Crippen molar-refractivity contribution in [2.45, 2.75) is 13.8 Å². The van der Waals surface area contributed by atoms with Crippen LogP contribution in [0, 0.1) is 24.6 Å². The van der Waals surface area contributed by atoms with E-state index in [0.717, 1.165) is 0 Å². The van der Waals surface area contributed by atoms with Crippen LogP contribution in [-0.4, -0.2) is 37.0 Å². The molecular weight excluding hydrogens is 261 g/mol. The molecule has 2 atom stereocenters. The van der Waals surface area contributed by atoms with Gasteiger partial charge in [-0.05, 0) is 24.5 Å². The van der Waals surface area contributed by atoms with Gasteiger partial charge in [0.05, 0.1) is 18.6 Å². The van der Waals surface area contributed by atoms with Gasteiger partial charge in [-0.25, -0.2) is 4.39 Å². The summed E-state index contributed by atoms with van der Waals surface area (Å²) in [6.07, 6.45) is 0. The van der Waals surface area contributed by atoms with Gasteiger partial charge in [-0.2, -0.15) is 0 Å². The fourth-order valence-electron chi connectivity index (χ4n) is 2.57. The van der Waals surface area contributed by atoms with Crippen molar-refractivity contribution in [3.63, 3.8) is 0 Å². The third-order valence-electron chi connectivity index (χ3n) is 3.83. The van der Waals surface area contributed by atoms with Crippen LogP contribution < -0.4 is 0 Å². The first kappa shape index (κ1) is 14.5. The number of methoxy groups -OCH3 is 1. The van der Waals surface area contributed by atoms with Crippen molar-refractivity contribution in [3.8, 4) is 0 Å². The van der Waals surface area contributed by atoms with Crippen molar-refractivity contribution in [2.24, 2.45) is 11.8 Å². The first-order valence-electron chi connectivity index (χ1n) is 6.58. The molecule has 108 valence electrons. The molecule has 1 aliphatic heterocycles. The third kappa shape index (κ3) is 2.53. The van der Waals surface area contributed by atoms with Gasteiger partial charge in [-0.1, -0.05) is 19.1 Å². The van der Waals surface area contributed by atoms with E-state index in [9.17, 15) is 14.0 Å². The fraction of sp³-hybridized carbons (Fsp3) is 0.467. The van der Waals surface area contributed by atoms with Gasteiger partial charge < -0.3 is 9.64 Å². The van der Waals surface area contributed by atoms with E-state index in [2.05, 4.69) is 0 Å². The summed E-state index contributed by atoms with van der Waals surface area (Å²) in [5, 5.41) is 0. The molecule has 4 nitrogen and oxygen atoms in total. The van der Waals surface area contributed by atoms with Crippen LogP contribution in [0.15, 0.2) is 18.2 Å². The van der Waals surface area contributed by atoms with Crippen LogP contribution in [0.25, 0.3) is 0 Å². The molecule has 1 aliphatic rings. The number of nitrogens with zero attached hydrogens (tertiary/aromatic N) is 1. The Bertz CT molecular complexity index is 544. The van der Waals surface area contributed by atoms with Gasteiger partial charge in [0.15, 0.2) is 0 Å². The van der Waals surface area contributed by atoms with E-state index in [4.69, 9.17) is 4.74 Å². The molecule has 20 heavy (non-hydrogen) atoms. The highest BCUT2D eigenvalue weighted by Crippen LogP contribution is 2.26. The van der Waals surface area contributed by atoms with Gasteiger partial charge in [-0.3, -0.25) is 9.59 Å². The van der Waals surface area contributed by atoms with Crippen molar-refractivity contribution >= 4 is 11.9 Å². The lowest BCUT2D eigenvalue weighted by Crippen LogP contribution is -2.31. The lowest BCUT2D eigenvalue weighted by Gasteiger charge is -2.17. The minimum atomic E-state index is -0.494. The Kier molecular flexibility index (Phi) is 4.06. The van der Waals surface area contributed by atoms with E-state index < -0.39 is 5.82 Å². The van der Waals surface area contributed by atoms with Crippen LogP contribution >= 0.6 is 0 Å². The smallest absolute Gasteiger partial charge is 0.310 e. The summed E-state index contributed by atoms with van der Waals surface area (Å²) in [4.78, 5) is 25.5. The van der Waals surface area contributed by atoms with Gasteiger partial charge in [0.25, 0.3) is 5.91 Å². The minimum Gasteiger partial charge on any atom is -0.469 e. The summed E-state index contributed by atoms with van der Waals surface area (Å²) < 4.78 is 18.7. The number of halogens is 1. The van der Waals surface area contributed by atoms with E-state index in [-0.39, 0.29) is 35.8 Å². The van der Waals surface area contributed by atoms with Crippen molar-refractivity contribution in [1.29, 1.82) is 0 Å². The lowest BCUT2D eigenvalue weighted by atomic mass is 9.99. The summed E-state index contributed by atoms with van der Waals surface area (Å²) in [5.41, 5.74) is 0.496. The van der Waals surface area contributed by atoms with Crippen molar-refractivity contribution in [2.75, 3.05) is 20.2 Å². The summed E-state index contributed by atoms with van der Waals surface area (Å²) in [6, 6.07) is 4.75. The number of likely N-dealkylation sites (tertiary alicyclic amines) is 1. The minimum absolute atomic E-state index is 0.0132. The summed E-state index contributed by atoms with van der Waals surface area (Å²) in [7, 11) is 1.33. The zero-order chi connectivity index (χ0) is 14.9. The Morgan fingerprint density at radius 2 is 2.05 bits per heavy atom. The second-order valence-corrected chi connectivity index (χ2v) is 5.25. The van der Waals surface area contributed by atoms with Crippen LogP contribution in [0.5, 0.6) is 0 Å². The van der Waals surface area contributed by atoms with Gasteiger partial charge >= 0.3 is 5.97 Å². The van der Waals surface area contributed by atoms with Crippen LogP contribution in [-0.2, 0) is 9.53 Å². The SMILES string of the molecule is COC(=O)C1CN(C(=O)c2cccc(C)c2F)CC1C. The number of hydrogen-bond donors (Lipinski definition) is 0. The number of hydrogen-bond acceptors (Lipinski definition) is 3. The molecule has 1 aromatic rings. The molecule has 0 spiro atoms. The second kappa shape index (κ2) is 5.61. The number of benzene rings is 1. The quantitative estimate of drug-likeness (QED) is 0.778. The van der Waals surface area contributed by atoms with E-state index in [0.29, 0.717) is 12.1 Å². The maximum atomic E-state index is 14.0. The molecule has 1 heterocycles. The third-order valence-corrected chi connectivity index (χ3v) is 3.83. The van der Waals surface area contributed by atoms with Gasteiger partial charge in [0, 0.05) is 13.1 Å². The molecule has 0 saturated carbocycles. The number of amides is 1. The molecule has 1 aromatic carbocycles. The van der Waals surface area contributed by atoms with Gasteiger partial charge in [0.1, 0.15) is 5.82 Å². The molecular formula is C15H18FNO3. The molecule has 1 saturated heterocycles. The number of esters is 1. The molecule has 1 amide bonds. The zero-order valence-corrected chi connectivity index (χ0v) is 11.9. The van der Waals surface area contributed by atoms with Crippen LogP contribution in [0.3, 0.4) is 0 Å². The average molecular weight is 279 g/mol. The largest absolute Gasteiger partial charge is 0.469 e. The monoisotopic (exact) mass is 279 g/mol. The van der Waals surface area contributed by atoms with E-state index in [1.807, 2.05) is 6.92 Å². The van der Waals surface area contributed by atoms with Crippen LogP contribution in [0.1, 0.15) is 22.8 Å². The standard InChI is InChI=1S/C15H18FNO3/c1-9-5-4-6-11(13(9)16)14(18)17-7-10(2)12(8-17)15(19)20-3/h4-6,10,12H,7-8H2,1-3H3. The molecule has 0 radical (unpaired) electrons. The Hall–Kier alpha value is -1.91. The fourth-order valence-corrected chi connectivity index (χ4v) is 2.57. The molecule has 0 aliphatic carbocycles. The number of carbonyl (C=O) groups excluding carboxylic acids is 2. The van der Waals surface area contributed by atoms with Crippen molar-refractivity contribution in [3.05, 3.63) is 35.1 Å². The number of rotatable bonds is 2. The highest BCUT2D eigenvalue weighted by atomic mass is 19.1. The maximum absolute atomic E-state index is 14.0. The summed E-state index contributed by atoms with van der Waals surface area (Å²) >= 11 is 0. The molecule has 2 unspecified atom stereocenters. The van der Waals surface area contributed by atoms with Crippen LogP contribution in [0.4, 0.5) is 4.39 Å². The van der Waals surface area contributed by atoms with Crippen molar-refractivity contribution in [1.82, 2.24) is 4.90 Å². The number of carbonyl (C=O) groups is 2. The topological polar surface area (TPSA) is 46.6 Å². The van der Waals surface area contributed by atoms with E-state index in [1.54, 1.807) is 19.1 Å². The predicted molar refractivity (Wildman–Crippen MR) is 71.7 cm³/mol. The average Bonchev–Trinajstić information content (AvgIpc) is 2.82. The number of ether oxygens (including phenoxy) is 1. The predicted octanol–water partition coefficient (Wildman–Crippen LogP) is 2.02.